The van der Waals surface area contributed by atoms with Crippen molar-refractivity contribution in [3.63, 3.8) is 0 Å². The zero-order chi connectivity index (χ0) is 17.7. The van der Waals surface area contributed by atoms with Crippen molar-refractivity contribution in [3.05, 3.63) is 63.1 Å². The molecule has 26 heavy (non-hydrogen) atoms. The number of nitrogens with one attached hydrogen (secondary N) is 1. The van der Waals surface area contributed by atoms with Gasteiger partial charge in [0.05, 0.1) is 11.7 Å². The summed E-state index contributed by atoms with van der Waals surface area (Å²) in [5.41, 5.74) is 3.74. The third-order valence-corrected chi connectivity index (χ3v) is 6.42. The molecule has 0 aliphatic carbocycles. The molecule has 0 fully saturated rings. The minimum absolute atomic E-state index is 0.100. The van der Waals surface area contributed by atoms with Crippen LogP contribution in [0.2, 0.25) is 0 Å². The van der Waals surface area contributed by atoms with E-state index >= 15 is 0 Å². The lowest BCUT2D eigenvalue weighted by Crippen LogP contribution is -2.26. The summed E-state index contributed by atoms with van der Waals surface area (Å²) in [5.74, 6) is 0. The van der Waals surface area contributed by atoms with Gasteiger partial charge in [-0.15, -0.1) is 11.3 Å². The number of hydrogen-bond acceptors (Lipinski definition) is 4. The van der Waals surface area contributed by atoms with Gasteiger partial charge in [-0.1, -0.05) is 18.2 Å². The van der Waals surface area contributed by atoms with Crippen LogP contribution in [0.25, 0.3) is 21.1 Å². The van der Waals surface area contributed by atoms with Gasteiger partial charge in [0.1, 0.15) is 4.83 Å². The lowest BCUT2D eigenvalue weighted by atomic mass is 10.1. The van der Waals surface area contributed by atoms with Crippen molar-refractivity contribution in [2.45, 2.75) is 33.0 Å². The number of benzene rings is 1. The Morgan fingerprint density at radius 3 is 3.08 bits per heavy atom. The smallest absolute Gasteiger partial charge is 0.262 e. The Labute approximate surface area is 154 Å². The number of aryl methyl sites for hydroxylation is 3. The Hall–Kier alpha value is -2.44. The minimum Gasteiger partial charge on any atom is -0.343 e. The van der Waals surface area contributed by atoms with Gasteiger partial charge in [-0.25, -0.2) is 4.98 Å². The largest absolute Gasteiger partial charge is 0.343 e. The highest BCUT2D eigenvalue weighted by Gasteiger charge is 2.19. The van der Waals surface area contributed by atoms with E-state index in [4.69, 9.17) is 0 Å². The summed E-state index contributed by atoms with van der Waals surface area (Å²) >= 11 is 1.65. The number of nitrogens with zero attached hydrogens (tertiary/aromatic N) is 3. The summed E-state index contributed by atoms with van der Waals surface area (Å²) in [7, 11) is 0. The van der Waals surface area contributed by atoms with Gasteiger partial charge >= 0.3 is 0 Å². The second-order valence-corrected chi connectivity index (χ2v) is 7.93. The Bertz CT molecular complexity index is 1180. The minimum atomic E-state index is 0.100. The predicted octanol–water partition coefficient (Wildman–Crippen LogP) is 3.07. The molecule has 0 bridgehead atoms. The molecule has 3 aromatic heterocycles. The molecule has 0 saturated heterocycles. The first-order valence-corrected chi connectivity index (χ1v) is 9.79. The molecule has 0 spiro atoms. The number of aromatic nitrogens is 3. The van der Waals surface area contributed by atoms with Crippen LogP contribution in [0.3, 0.4) is 0 Å². The van der Waals surface area contributed by atoms with Crippen LogP contribution >= 0.6 is 11.3 Å². The van der Waals surface area contributed by atoms with Crippen LogP contribution in [-0.4, -0.2) is 20.7 Å². The summed E-state index contributed by atoms with van der Waals surface area (Å²) in [6.07, 6.45) is 2.62. The van der Waals surface area contributed by atoms with Crippen molar-refractivity contribution in [1.82, 2.24) is 19.4 Å². The highest BCUT2D eigenvalue weighted by Crippen LogP contribution is 2.29. The zero-order valence-electron chi connectivity index (χ0n) is 14.7. The molecule has 132 valence electrons. The van der Waals surface area contributed by atoms with Crippen molar-refractivity contribution < 1.29 is 0 Å². The van der Waals surface area contributed by atoms with E-state index in [9.17, 15) is 4.79 Å². The van der Waals surface area contributed by atoms with E-state index in [-0.39, 0.29) is 5.56 Å². The van der Waals surface area contributed by atoms with E-state index in [0.29, 0.717) is 6.54 Å². The van der Waals surface area contributed by atoms with E-state index < -0.39 is 0 Å². The number of thiophene rings is 1. The van der Waals surface area contributed by atoms with E-state index in [1.54, 1.807) is 22.2 Å². The Morgan fingerprint density at radius 2 is 2.15 bits per heavy atom. The third kappa shape index (κ3) is 2.40. The molecule has 0 atom stereocenters. The molecule has 1 aliphatic rings. The molecule has 6 heteroatoms. The quantitative estimate of drug-likeness (QED) is 0.608. The Kier molecular flexibility index (Phi) is 3.69. The first-order valence-electron chi connectivity index (χ1n) is 8.97. The van der Waals surface area contributed by atoms with Crippen molar-refractivity contribution in [2.75, 3.05) is 6.54 Å². The maximum absolute atomic E-state index is 13.1. The predicted molar refractivity (Wildman–Crippen MR) is 106 cm³/mol. The molecule has 0 unspecified atom stereocenters. The molecular formula is C20H20N4OS. The van der Waals surface area contributed by atoms with Gasteiger partial charge in [-0.05, 0) is 43.0 Å². The number of fused-ring (bicyclic) bond motifs is 4. The fraction of sp³-hybridized carbons (Fsp3) is 0.300. The molecule has 0 amide bonds. The summed E-state index contributed by atoms with van der Waals surface area (Å²) in [6, 6.07) is 10.6. The molecule has 0 radical (unpaired) electrons. The molecular weight excluding hydrogens is 344 g/mol. The fourth-order valence-electron chi connectivity index (χ4n) is 3.96. The van der Waals surface area contributed by atoms with Gasteiger partial charge in [-0.2, -0.15) is 0 Å². The monoisotopic (exact) mass is 364 g/mol. The number of para-hydroxylation sites is 1. The van der Waals surface area contributed by atoms with Gasteiger partial charge in [0.15, 0.2) is 0 Å². The van der Waals surface area contributed by atoms with Gasteiger partial charge < -0.3 is 9.88 Å². The standard InChI is InChI=1S/C20H20N4OS/c1-13-10-14-4-2-3-5-16(14)24(13)9-8-23-12-22-19-18(20(23)25)15-6-7-21-11-17(15)26-19/h2-5,10,12,21H,6-9,11H2,1H3. The van der Waals surface area contributed by atoms with Crippen LogP contribution in [0.4, 0.5) is 0 Å². The fourth-order valence-corrected chi connectivity index (χ4v) is 5.11. The van der Waals surface area contributed by atoms with E-state index in [2.05, 4.69) is 52.1 Å². The molecule has 1 aliphatic heterocycles. The second-order valence-electron chi connectivity index (χ2n) is 6.85. The topological polar surface area (TPSA) is 51.9 Å². The van der Waals surface area contributed by atoms with Gasteiger partial charge in [0.2, 0.25) is 0 Å². The van der Waals surface area contributed by atoms with Gasteiger partial charge in [-0.3, -0.25) is 9.36 Å². The molecule has 4 heterocycles. The average molecular weight is 364 g/mol. The van der Waals surface area contributed by atoms with Crippen molar-refractivity contribution >= 4 is 32.5 Å². The van der Waals surface area contributed by atoms with E-state index in [1.165, 1.54) is 27.0 Å². The van der Waals surface area contributed by atoms with Gasteiger partial charge in [0, 0.05) is 35.7 Å². The van der Waals surface area contributed by atoms with Crippen LogP contribution < -0.4 is 10.9 Å². The molecule has 5 nitrogen and oxygen atoms in total. The molecule has 1 aromatic carbocycles. The van der Waals surface area contributed by atoms with E-state index in [0.717, 1.165) is 36.3 Å². The summed E-state index contributed by atoms with van der Waals surface area (Å²) < 4.78 is 4.05. The van der Waals surface area contributed by atoms with Crippen LogP contribution in [0.5, 0.6) is 0 Å². The SMILES string of the molecule is Cc1cc2ccccc2n1CCn1cnc2sc3c(c2c1=O)CCNC3. The maximum Gasteiger partial charge on any atom is 0.262 e. The highest BCUT2D eigenvalue weighted by molar-refractivity contribution is 7.18. The normalized spacial score (nSPS) is 14.2. The van der Waals surface area contributed by atoms with Crippen LogP contribution in [0, 0.1) is 6.92 Å². The van der Waals surface area contributed by atoms with Crippen molar-refractivity contribution in [3.8, 4) is 0 Å². The summed E-state index contributed by atoms with van der Waals surface area (Å²) in [5, 5.41) is 5.45. The third-order valence-electron chi connectivity index (χ3n) is 5.28. The van der Waals surface area contributed by atoms with Crippen LogP contribution in [0.1, 0.15) is 16.1 Å². The van der Waals surface area contributed by atoms with Crippen molar-refractivity contribution in [1.29, 1.82) is 0 Å². The summed E-state index contributed by atoms with van der Waals surface area (Å²) in [4.78, 5) is 19.8. The second kappa shape index (κ2) is 6.07. The van der Waals surface area contributed by atoms with Crippen LogP contribution in [0.15, 0.2) is 41.5 Å². The molecule has 1 N–H and O–H groups in total. The van der Waals surface area contributed by atoms with Crippen LogP contribution in [-0.2, 0) is 26.1 Å². The number of hydrogen-bond donors (Lipinski definition) is 1. The molecule has 4 aromatic rings. The van der Waals surface area contributed by atoms with E-state index in [1.807, 2.05) is 0 Å². The first kappa shape index (κ1) is 15.8. The van der Waals surface area contributed by atoms with Crippen molar-refractivity contribution in [2.24, 2.45) is 0 Å². The average Bonchev–Trinajstić information content (AvgIpc) is 3.18. The lowest BCUT2D eigenvalue weighted by Gasteiger charge is -2.13. The van der Waals surface area contributed by atoms with Gasteiger partial charge in [0.25, 0.3) is 5.56 Å². The Balaban J connectivity index is 1.52. The Morgan fingerprint density at radius 1 is 1.27 bits per heavy atom. The first-order chi connectivity index (χ1) is 12.7. The summed E-state index contributed by atoms with van der Waals surface area (Å²) in [6.45, 7) is 5.29. The zero-order valence-corrected chi connectivity index (χ0v) is 15.5. The lowest BCUT2D eigenvalue weighted by molar-refractivity contribution is 0.566. The number of rotatable bonds is 3. The highest BCUT2D eigenvalue weighted by atomic mass is 32.1. The molecule has 0 saturated carbocycles. The molecule has 5 rings (SSSR count). The maximum atomic E-state index is 13.1.